The maximum Gasteiger partial charge on any atom is 0.338 e. The predicted molar refractivity (Wildman–Crippen MR) is 354 cm³/mol. The Labute approximate surface area is 568 Å². The minimum Gasteiger partial charge on any atom is -0.463 e. The molecule has 20 atom stereocenters. The number of carbonyl (C=O) groups is 6. The highest BCUT2D eigenvalue weighted by Gasteiger charge is 2.51. The molecule has 26 heteroatoms. The number of ether oxygens (including phenoxy) is 12. The normalized spacial score (nSPS) is 29.6. The van der Waals surface area contributed by atoms with Crippen molar-refractivity contribution in [1.29, 1.82) is 0 Å². The maximum atomic E-state index is 13.2. The van der Waals surface area contributed by atoms with E-state index < -0.39 is 115 Å². The molecule has 9 rings (SSSR count). The lowest BCUT2D eigenvalue weighted by Crippen LogP contribution is -2.59. The Kier molecular flexibility index (Phi) is 29.3. The second-order valence-corrected chi connectivity index (χ2v) is 25.5. The van der Waals surface area contributed by atoms with E-state index in [1.807, 2.05) is 77.1 Å². The molecule has 97 heavy (non-hydrogen) atoms. The van der Waals surface area contributed by atoms with Gasteiger partial charge in [-0.05, 0) is 109 Å². The van der Waals surface area contributed by atoms with Crippen LogP contribution < -0.4 is 0 Å². The zero-order valence-electron chi connectivity index (χ0n) is 56.1. The van der Waals surface area contributed by atoms with Crippen molar-refractivity contribution in [3.05, 3.63) is 194 Å². The Morgan fingerprint density at radius 3 is 1.34 bits per heavy atom. The monoisotopic (exact) mass is 1360 g/mol. The summed E-state index contributed by atoms with van der Waals surface area (Å²) in [7, 11) is 1.42. The number of methoxy groups -OCH3 is 1. The summed E-state index contributed by atoms with van der Waals surface area (Å²) in [5.41, 5.74) is 20.3. The topological polar surface area (TPSA) is 331 Å². The third-order valence-electron chi connectivity index (χ3n) is 17.7. The van der Waals surface area contributed by atoms with Gasteiger partial charge in [-0.25, -0.2) is 19.2 Å². The number of aliphatic hydroxyl groups is 1. The second-order valence-electron chi connectivity index (χ2n) is 24.3. The highest BCUT2D eigenvalue weighted by molar-refractivity contribution is 7.99. The molecule has 520 valence electrons. The standard InChI is InChI=1S/C32H39N3O9.C24H28O5S.C15H19N3O5/c1-18-19(2)29(43-31(38)24-14-10-7-11-15-24)32(42-25(18)16-39-22(5)36)44-28-20(3)27(34-35-33)21(4)41-26(28)17-40-30(37)23-12-8-6-9-13-23;1-15-10-12-20(13-11-15)30-24-22(29-23(26)19-8-6-5-7-9-19)17(3)16(2)21(28-24)14-27-18(4)25;1-9-12(17-18-16)15(21-2)23-11(13(9)19)8-22-14(20)10-6-4-3-5-7-10/h6-15,18-21,25-29,32H,16-17H2,1-5H3;5-13,16-17,21-22,24H,14H2,1-4H3;3-7,9,11-13,15,19H,8H2,1-2H3/t18-,19-,20+,21+,25?,26?,27?,28-,29?,32-;16-,17-,21?,22?,24+;9-,11?,12?,13+,15+/m001/s1. The maximum absolute atomic E-state index is 13.2. The van der Waals surface area contributed by atoms with Crippen molar-refractivity contribution >= 4 is 47.6 Å². The van der Waals surface area contributed by atoms with Crippen molar-refractivity contribution in [1.82, 2.24) is 0 Å². The van der Waals surface area contributed by atoms with Gasteiger partial charge in [-0.1, -0.05) is 154 Å². The van der Waals surface area contributed by atoms with Gasteiger partial charge in [0.1, 0.15) is 50.2 Å². The lowest BCUT2D eigenvalue weighted by Gasteiger charge is -2.48. The minimum atomic E-state index is -1.11. The van der Waals surface area contributed by atoms with Crippen molar-refractivity contribution in [2.24, 2.45) is 45.7 Å². The molecular formula is C71H86N6O19S. The van der Waals surface area contributed by atoms with Crippen LogP contribution in [0, 0.1) is 42.4 Å². The van der Waals surface area contributed by atoms with Gasteiger partial charge in [0, 0.05) is 47.5 Å². The SMILES string of the molecule is CC(=O)OCC1O[C@@H](O[C@@H]2C(COC(=O)c3ccccc3)O[C@H](C)C(N=[N+]=[N-])[C@H]2C)C(OC(=O)c2ccccc2)[C@@H](C)[C@@H]1C.CC(=O)OCC1O[C@H](Sc2ccc(C)cc2)C(OC(=O)c2ccccc2)[C@@H](C)[C@@H]1C.CO[C@H]1OC(COC(=O)c2ccccc2)[C@@H](O)[C@H](C)C1N=[N+]=[N-]. The number of hydrogen-bond acceptors (Lipinski definition) is 22. The molecule has 4 aliphatic heterocycles. The number of benzene rings is 5. The van der Waals surface area contributed by atoms with Gasteiger partial charge in [-0.15, -0.1) is 0 Å². The van der Waals surface area contributed by atoms with Gasteiger partial charge in [-0.2, -0.15) is 0 Å². The molecule has 0 spiro atoms. The van der Waals surface area contributed by atoms with Crippen molar-refractivity contribution in [3.8, 4) is 0 Å². The lowest BCUT2D eigenvalue weighted by atomic mass is 9.83. The largest absolute Gasteiger partial charge is 0.463 e. The molecule has 4 saturated heterocycles. The number of nitrogens with zero attached hydrogens (tertiary/aromatic N) is 6. The summed E-state index contributed by atoms with van der Waals surface area (Å²) < 4.78 is 69.4. The first kappa shape index (κ1) is 76.0. The summed E-state index contributed by atoms with van der Waals surface area (Å²) in [4.78, 5) is 80.3. The molecular weight excluding hydrogens is 1270 g/mol. The number of esters is 6. The third-order valence-corrected chi connectivity index (χ3v) is 18.9. The van der Waals surface area contributed by atoms with Crippen LogP contribution in [0.15, 0.2) is 161 Å². The van der Waals surface area contributed by atoms with E-state index in [2.05, 4.69) is 27.0 Å². The molecule has 5 aromatic rings. The van der Waals surface area contributed by atoms with E-state index in [1.165, 1.54) is 38.3 Å². The van der Waals surface area contributed by atoms with Gasteiger partial charge in [0.05, 0.1) is 64.9 Å². The molecule has 25 nitrogen and oxygen atoms in total. The molecule has 0 bridgehead atoms. The Morgan fingerprint density at radius 2 is 0.876 bits per heavy atom. The molecule has 8 unspecified atom stereocenters. The van der Waals surface area contributed by atoms with Crippen molar-refractivity contribution in [2.45, 2.75) is 159 Å². The fraction of sp³-hybridized carbons (Fsp3) is 0.493. The first-order chi connectivity index (χ1) is 46.5. The Balaban J connectivity index is 0.000000217. The van der Waals surface area contributed by atoms with Crippen LogP contribution in [-0.4, -0.2) is 159 Å². The van der Waals surface area contributed by atoms with Crippen LogP contribution in [0.3, 0.4) is 0 Å². The summed E-state index contributed by atoms with van der Waals surface area (Å²) >= 11 is 1.52. The van der Waals surface area contributed by atoms with Crippen molar-refractivity contribution in [3.63, 3.8) is 0 Å². The van der Waals surface area contributed by atoms with Gasteiger partial charge in [0.15, 0.2) is 18.7 Å². The van der Waals surface area contributed by atoms with Crippen molar-refractivity contribution < 1.29 is 90.7 Å². The van der Waals surface area contributed by atoms with Crippen LogP contribution in [0.25, 0.3) is 20.9 Å². The Hall–Kier alpha value is -8.39. The van der Waals surface area contributed by atoms with Gasteiger partial charge in [0.25, 0.3) is 0 Å². The molecule has 0 saturated carbocycles. The van der Waals surface area contributed by atoms with Gasteiger partial charge < -0.3 is 61.9 Å². The zero-order chi connectivity index (χ0) is 70.3. The highest BCUT2D eigenvalue weighted by atomic mass is 32.2. The van der Waals surface area contributed by atoms with Gasteiger partial charge >= 0.3 is 35.8 Å². The first-order valence-electron chi connectivity index (χ1n) is 32.1. The minimum absolute atomic E-state index is 0.0206. The molecule has 0 radical (unpaired) electrons. The zero-order valence-corrected chi connectivity index (χ0v) is 56.9. The molecule has 1 N–H and O–H groups in total. The van der Waals surface area contributed by atoms with Crippen molar-refractivity contribution in [2.75, 3.05) is 33.5 Å². The van der Waals surface area contributed by atoms with E-state index in [0.29, 0.717) is 22.3 Å². The summed E-state index contributed by atoms with van der Waals surface area (Å²) in [6.45, 7) is 17.9. The summed E-state index contributed by atoms with van der Waals surface area (Å²) in [6.07, 6.45) is -7.82. The number of carbonyl (C=O) groups excluding carboxylic acids is 6. The average molecular weight is 1360 g/mol. The fourth-order valence-electron chi connectivity index (χ4n) is 11.6. The molecule has 0 aromatic heterocycles. The summed E-state index contributed by atoms with van der Waals surface area (Å²) in [5.74, 6) is -3.92. The molecule has 4 aliphatic rings. The van der Waals surface area contributed by atoms with Crippen LogP contribution in [0.5, 0.6) is 0 Å². The quantitative estimate of drug-likeness (QED) is 0.0234. The first-order valence-corrected chi connectivity index (χ1v) is 32.9. The number of rotatable bonds is 21. The van der Waals surface area contributed by atoms with E-state index in [4.69, 9.17) is 62.4 Å². The van der Waals surface area contributed by atoms with E-state index in [-0.39, 0.29) is 68.1 Å². The third kappa shape index (κ3) is 21.3. The lowest BCUT2D eigenvalue weighted by molar-refractivity contribution is -0.313. The van der Waals surface area contributed by atoms with E-state index in [9.17, 15) is 39.4 Å². The number of aryl methyl sites for hydroxylation is 1. The Morgan fingerprint density at radius 1 is 0.464 bits per heavy atom. The highest BCUT2D eigenvalue weighted by Crippen LogP contribution is 2.42. The van der Waals surface area contributed by atoms with Gasteiger partial charge in [0.2, 0.25) is 0 Å². The summed E-state index contributed by atoms with van der Waals surface area (Å²) in [6, 6.07) is 41.5. The van der Waals surface area contributed by atoms with Crippen LogP contribution in [0.1, 0.15) is 109 Å². The molecule has 0 amide bonds. The van der Waals surface area contributed by atoms with E-state index >= 15 is 0 Å². The second kappa shape index (κ2) is 37.4. The van der Waals surface area contributed by atoms with E-state index in [1.54, 1.807) is 117 Å². The molecule has 0 aliphatic carbocycles. The summed E-state index contributed by atoms with van der Waals surface area (Å²) in [5, 5.41) is 17.8. The molecule has 5 aromatic carbocycles. The van der Waals surface area contributed by atoms with Crippen LogP contribution in [0.4, 0.5) is 0 Å². The number of hydrogen-bond donors (Lipinski definition) is 1. The Bertz CT molecular complexity index is 3440. The predicted octanol–water partition coefficient (Wildman–Crippen LogP) is 11.9. The number of azide groups is 2. The number of thioether (sulfide) groups is 1. The van der Waals surface area contributed by atoms with Crippen LogP contribution in [-0.2, 0) is 66.4 Å². The molecule has 4 heterocycles. The van der Waals surface area contributed by atoms with Crippen LogP contribution >= 0.6 is 11.8 Å². The average Bonchev–Trinajstić information content (AvgIpc) is 0.792. The number of aliphatic hydroxyl groups excluding tert-OH is 1. The molecule has 4 fully saturated rings. The van der Waals surface area contributed by atoms with E-state index in [0.717, 1.165) is 4.90 Å². The van der Waals surface area contributed by atoms with Gasteiger partial charge in [-0.3, -0.25) is 9.59 Å². The smallest absolute Gasteiger partial charge is 0.338 e. The fourth-order valence-corrected chi connectivity index (χ4v) is 12.8. The van der Waals surface area contributed by atoms with Crippen LogP contribution in [0.2, 0.25) is 0 Å².